The van der Waals surface area contributed by atoms with Crippen molar-refractivity contribution < 1.29 is 9.53 Å². The van der Waals surface area contributed by atoms with Crippen molar-refractivity contribution in [3.8, 4) is 23.1 Å². The van der Waals surface area contributed by atoms with E-state index in [0.29, 0.717) is 21.5 Å². The van der Waals surface area contributed by atoms with Crippen molar-refractivity contribution in [2.24, 2.45) is 0 Å². The quantitative estimate of drug-likeness (QED) is 0.310. The van der Waals surface area contributed by atoms with Crippen molar-refractivity contribution in [1.82, 2.24) is 9.97 Å². The summed E-state index contributed by atoms with van der Waals surface area (Å²) in [4.78, 5) is 31.1. The lowest BCUT2D eigenvalue weighted by atomic mass is 10.1. The number of aromatic amines is 1. The van der Waals surface area contributed by atoms with Crippen LogP contribution in [-0.4, -0.2) is 22.2 Å². The van der Waals surface area contributed by atoms with E-state index >= 15 is 0 Å². The number of aromatic nitrogens is 2. The molecule has 0 aliphatic rings. The van der Waals surface area contributed by atoms with E-state index in [1.807, 2.05) is 6.07 Å². The Balaban J connectivity index is 1.90. The fourth-order valence-electron chi connectivity index (χ4n) is 2.33. The van der Waals surface area contributed by atoms with Gasteiger partial charge in [0, 0.05) is 5.56 Å². The SMILES string of the molecule is CSc1nc(-c2ccc(OC(=O)c3ccccc3Cl)cc2)c(C#N)c(=O)[nH]1. The van der Waals surface area contributed by atoms with E-state index in [2.05, 4.69) is 9.97 Å². The highest BCUT2D eigenvalue weighted by Crippen LogP contribution is 2.25. The van der Waals surface area contributed by atoms with Crippen LogP contribution in [-0.2, 0) is 0 Å². The molecule has 3 rings (SSSR count). The molecule has 0 aliphatic heterocycles. The minimum absolute atomic E-state index is 0.0754. The van der Waals surface area contributed by atoms with Gasteiger partial charge in [0.1, 0.15) is 17.4 Å². The molecule has 2 aromatic carbocycles. The molecule has 134 valence electrons. The lowest BCUT2D eigenvalue weighted by molar-refractivity contribution is 0.0735. The van der Waals surface area contributed by atoms with Crippen molar-refractivity contribution in [1.29, 1.82) is 5.26 Å². The van der Waals surface area contributed by atoms with Gasteiger partial charge in [-0.05, 0) is 42.7 Å². The fourth-order valence-corrected chi connectivity index (χ4v) is 2.92. The zero-order chi connectivity index (χ0) is 19.4. The van der Waals surface area contributed by atoms with Crippen LogP contribution in [0.3, 0.4) is 0 Å². The largest absolute Gasteiger partial charge is 0.423 e. The van der Waals surface area contributed by atoms with Gasteiger partial charge >= 0.3 is 5.97 Å². The number of thioether (sulfide) groups is 1. The smallest absolute Gasteiger partial charge is 0.345 e. The summed E-state index contributed by atoms with van der Waals surface area (Å²) < 4.78 is 5.32. The first kappa shape index (κ1) is 18.7. The van der Waals surface area contributed by atoms with Gasteiger partial charge < -0.3 is 9.72 Å². The topological polar surface area (TPSA) is 95.8 Å². The van der Waals surface area contributed by atoms with Crippen LogP contribution < -0.4 is 10.3 Å². The zero-order valence-electron chi connectivity index (χ0n) is 14.0. The number of halogens is 1. The molecule has 1 N–H and O–H groups in total. The molecule has 0 amide bonds. The number of ether oxygens (including phenoxy) is 1. The molecule has 0 spiro atoms. The summed E-state index contributed by atoms with van der Waals surface area (Å²) in [6.45, 7) is 0. The summed E-state index contributed by atoms with van der Waals surface area (Å²) in [5, 5.41) is 9.96. The van der Waals surface area contributed by atoms with Gasteiger partial charge in [0.2, 0.25) is 0 Å². The maximum atomic E-state index is 12.2. The number of nitrogens with one attached hydrogen (secondary N) is 1. The van der Waals surface area contributed by atoms with Gasteiger partial charge in [-0.2, -0.15) is 5.26 Å². The van der Waals surface area contributed by atoms with E-state index in [4.69, 9.17) is 16.3 Å². The molecule has 0 bridgehead atoms. The maximum Gasteiger partial charge on any atom is 0.345 e. The molecule has 0 saturated carbocycles. The second kappa shape index (κ2) is 8.08. The standard InChI is InChI=1S/C19H12ClN3O3S/c1-27-19-22-16(14(10-21)17(24)23-19)11-6-8-12(9-7-11)26-18(25)13-4-2-3-5-15(13)20/h2-9H,1H3,(H,22,23,24). The Hall–Kier alpha value is -3.08. The van der Waals surface area contributed by atoms with Crippen LogP contribution in [0.5, 0.6) is 5.75 Å². The second-order valence-corrected chi connectivity index (χ2v) is 6.51. The molecule has 0 atom stereocenters. The van der Waals surface area contributed by atoms with Crippen molar-refractivity contribution in [3.63, 3.8) is 0 Å². The summed E-state index contributed by atoms with van der Waals surface area (Å²) in [6, 6.07) is 14.8. The van der Waals surface area contributed by atoms with Gasteiger partial charge in [0.05, 0.1) is 16.3 Å². The van der Waals surface area contributed by atoms with Gasteiger partial charge in [-0.15, -0.1) is 0 Å². The Labute approximate surface area is 163 Å². The molecule has 3 aromatic rings. The lowest BCUT2D eigenvalue weighted by Gasteiger charge is -2.08. The average Bonchev–Trinajstić information content (AvgIpc) is 2.68. The Morgan fingerprint density at radius 2 is 1.93 bits per heavy atom. The van der Waals surface area contributed by atoms with E-state index in [9.17, 15) is 14.9 Å². The number of carbonyl (C=O) groups is 1. The molecule has 0 saturated heterocycles. The first-order valence-electron chi connectivity index (χ1n) is 7.69. The van der Waals surface area contributed by atoms with Gasteiger partial charge in [-0.1, -0.05) is 35.5 Å². The Bertz CT molecular complexity index is 1100. The molecular weight excluding hydrogens is 386 g/mol. The Morgan fingerprint density at radius 3 is 2.56 bits per heavy atom. The van der Waals surface area contributed by atoms with Crippen molar-refractivity contribution in [3.05, 3.63) is 75.0 Å². The third kappa shape index (κ3) is 4.03. The number of carbonyl (C=O) groups excluding carboxylic acids is 1. The van der Waals surface area contributed by atoms with Crippen LogP contribution in [0.25, 0.3) is 11.3 Å². The van der Waals surface area contributed by atoms with Gasteiger partial charge in [0.25, 0.3) is 5.56 Å². The summed E-state index contributed by atoms with van der Waals surface area (Å²) in [5.41, 5.74) is 0.519. The van der Waals surface area contributed by atoms with E-state index < -0.39 is 11.5 Å². The number of rotatable bonds is 4. The third-order valence-electron chi connectivity index (χ3n) is 3.63. The number of hydrogen-bond donors (Lipinski definition) is 1. The van der Waals surface area contributed by atoms with E-state index in [1.54, 1.807) is 54.8 Å². The minimum atomic E-state index is -0.579. The predicted octanol–water partition coefficient (Wildman–Crippen LogP) is 3.90. The summed E-state index contributed by atoms with van der Waals surface area (Å²) >= 11 is 7.26. The fraction of sp³-hybridized carbons (Fsp3) is 0.0526. The van der Waals surface area contributed by atoms with Crippen LogP contribution >= 0.6 is 23.4 Å². The van der Waals surface area contributed by atoms with E-state index in [-0.39, 0.29) is 16.8 Å². The lowest BCUT2D eigenvalue weighted by Crippen LogP contribution is -2.14. The molecule has 0 aliphatic carbocycles. The van der Waals surface area contributed by atoms with Gasteiger partial charge in [-0.25, -0.2) is 9.78 Å². The Morgan fingerprint density at radius 1 is 1.22 bits per heavy atom. The highest BCUT2D eigenvalue weighted by atomic mass is 35.5. The highest BCUT2D eigenvalue weighted by Gasteiger charge is 2.15. The normalized spacial score (nSPS) is 10.3. The number of H-pyrrole nitrogens is 1. The molecule has 1 heterocycles. The van der Waals surface area contributed by atoms with Crippen LogP contribution in [0.2, 0.25) is 5.02 Å². The summed E-state index contributed by atoms with van der Waals surface area (Å²) in [6.07, 6.45) is 1.77. The number of nitriles is 1. The second-order valence-electron chi connectivity index (χ2n) is 5.30. The first-order valence-corrected chi connectivity index (χ1v) is 9.29. The molecule has 1 aromatic heterocycles. The first-order chi connectivity index (χ1) is 13.0. The molecule has 6 nitrogen and oxygen atoms in total. The number of esters is 1. The van der Waals surface area contributed by atoms with Crippen LogP contribution in [0.15, 0.2) is 58.5 Å². The molecule has 8 heteroatoms. The number of nitrogens with zero attached hydrogens (tertiary/aromatic N) is 2. The van der Waals surface area contributed by atoms with Crippen LogP contribution in [0.1, 0.15) is 15.9 Å². The molecule has 0 fully saturated rings. The van der Waals surface area contributed by atoms with Crippen molar-refractivity contribution in [2.75, 3.05) is 6.26 Å². The summed E-state index contributed by atoms with van der Waals surface area (Å²) in [7, 11) is 0. The average molecular weight is 398 g/mol. The van der Waals surface area contributed by atoms with Crippen LogP contribution in [0.4, 0.5) is 0 Å². The van der Waals surface area contributed by atoms with E-state index in [1.165, 1.54) is 11.8 Å². The predicted molar refractivity (Wildman–Crippen MR) is 103 cm³/mol. The monoisotopic (exact) mass is 397 g/mol. The van der Waals surface area contributed by atoms with Crippen molar-refractivity contribution in [2.45, 2.75) is 5.16 Å². The molecule has 0 unspecified atom stereocenters. The zero-order valence-corrected chi connectivity index (χ0v) is 15.6. The van der Waals surface area contributed by atoms with Crippen LogP contribution in [0, 0.1) is 11.3 Å². The maximum absolute atomic E-state index is 12.2. The van der Waals surface area contributed by atoms with E-state index in [0.717, 1.165) is 0 Å². The molecule has 0 radical (unpaired) electrons. The minimum Gasteiger partial charge on any atom is -0.423 e. The van der Waals surface area contributed by atoms with Gasteiger partial charge in [0.15, 0.2) is 5.16 Å². The number of hydrogen-bond acceptors (Lipinski definition) is 6. The third-order valence-corrected chi connectivity index (χ3v) is 4.54. The summed E-state index contributed by atoms with van der Waals surface area (Å²) in [5.74, 6) is -0.276. The van der Waals surface area contributed by atoms with Gasteiger partial charge in [-0.3, -0.25) is 4.79 Å². The highest BCUT2D eigenvalue weighted by molar-refractivity contribution is 7.98. The Kier molecular flexibility index (Phi) is 5.60. The van der Waals surface area contributed by atoms with Crippen molar-refractivity contribution >= 4 is 29.3 Å². The number of benzene rings is 2. The molecular formula is C19H12ClN3O3S. The molecule has 27 heavy (non-hydrogen) atoms.